The molecule has 2 heterocycles. The summed E-state index contributed by atoms with van der Waals surface area (Å²) >= 11 is 1.76. The Morgan fingerprint density at radius 1 is 1.23 bits per heavy atom. The maximum absolute atomic E-state index is 12.5. The third-order valence-electron chi connectivity index (χ3n) is 5.10. The van der Waals surface area contributed by atoms with E-state index in [9.17, 15) is 9.59 Å². The van der Waals surface area contributed by atoms with Crippen LogP contribution >= 0.6 is 11.3 Å². The average molecular weight is 428 g/mol. The fourth-order valence-electron chi connectivity index (χ4n) is 3.22. The van der Waals surface area contributed by atoms with E-state index in [0.717, 1.165) is 18.1 Å². The number of aliphatic imine (C=N–C) groups is 1. The van der Waals surface area contributed by atoms with Gasteiger partial charge in [0.2, 0.25) is 5.91 Å². The van der Waals surface area contributed by atoms with E-state index in [1.807, 2.05) is 24.3 Å². The van der Waals surface area contributed by atoms with Crippen LogP contribution in [-0.2, 0) is 16.8 Å². The monoisotopic (exact) mass is 427 g/mol. The second-order valence-corrected chi connectivity index (χ2v) is 8.86. The summed E-state index contributed by atoms with van der Waals surface area (Å²) in [5.74, 6) is 0.508. The molecule has 1 aliphatic rings. The predicted molar refractivity (Wildman–Crippen MR) is 121 cm³/mol. The molecule has 0 bridgehead atoms. The van der Waals surface area contributed by atoms with Gasteiger partial charge in [0, 0.05) is 49.1 Å². The second-order valence-electron chi connectivity index (χ2n) is 7.91. The van der Waals surface area contributed by atoms with Crippen LogP contribution in [0.3, 0.4) is 0 Å². The highest BCUT2D eigenvalue weighted by Gasteiger charge is 2.23. The Balaban J connectivity index is 1.51. The van der Waals surface area contributed by atoms with E-state index in [4.69, 9.17) is 0 Å². The number of carbonyl (C=O) groups excluding carboxylic acids is 2. The van der Waals surface area contributed by atoms with Gasteiger partial charge in [-0.05, 0) is 29.1 Å². The molecule has 1 saturated heterocycles. The highest BCUT2D eigenvalue weighted by Crippen LogP contribution is 2.26. The Hall–Kier alpha value is -2.87. The molecular formula is C22H29N5O2S. The van der Waals surface area contributed by atoms with Gasteiger partial charge in [0.05, 0.1) is 6.54 Å². The van der Waals surface area contributed by atoms with Crippen molar-refractivity contribution in [1.29, 1.82) is 0 Å². The van der Waals surface area contributed by atoms with Crippen LogP contribution in [0.2, 0.25) is 0 Å². The largest absolute Gasteiger partial charge is 0.356 e. The van der Waals surface area contributed by atoms with Crippen molar-refractivity contribution in [2.45, 2.75) is 25.8 Å². The average Bonchev–Trinajstić information content (AvgIpc) is 3.30. The van der Waals surface area contributed by atoms with E-state index < -0.39 is 0 Å². The molecule has 1 aromatic heterocycles. The lowest BCUT2D eigenvalue weighted by atomic mass is 9.91. The molecule has 0 aliphatic carbocycles. The highest BCUT2D eigenvalue weighted by molar-refractivity contribution is 7.10. The summed E-state index contributed by atoms with van der Waals surface area (Å²) in [5.41, 5.74) is 1.65. The van der Waals surface area contributed by atoms with E-state index in [2.05, 4.69) is 52.3 Å². The molecule has 160 valence electrons. The molecule has 3 rings (SSSR count). The van der Waals surface area contributed by atoms with Crippen LogP contribution in [0, 0.1) is 0 Å². The minimum atomic E-state index is -0.114. The van der Waals surface area contributed by atoms with Gasteiger partial charge in [-0.1, -0.05) is 32.0 Å². The number of carbonyl (C=O) groups is 2. The Kier molecular flexibility index (Phi) is 7.10. The van der Waals surface area contributed by atoms with E-state index in [1.54, 1.807) is 23.3 Å². The van der Waals surface area contributed by atoms with Crippen LogP contribution in [0.1, 0.15) is 34.6 Å². The molecule has 2 amide bonds. The first-order valence-electron chi connectivity index (χ1n) is 10.0. The summed E-state index contributed by atoms with van der Waals surface area (Å²) in [5, 5.41) is 11.5. The van der Waals surface area contributed by atoms with Crippen molar-refractivity contribution in [2.24, 2.45) is 4.99 Å². The number of nitrogens with zero attached hydrogens (tertiary/aromatic N) is 2. The molecule has 0 radical (unpaired) electrons. The van der Waals surface area contributed by atoms with E-state index in [1.165, 1.54) is 4.88 Å². The lowest BCUT2D eigenvalue weighted by Gasteiger charge is -2.26. The smallest absolute Gasteiger partial charge is 0.254 e. The van der Waals surface area contributed by atoms with Crippen molar-refractivity contribution in [3.8, 4) is 0 Å². The number of hydrogen-bond donors (Lipinski definition) is 3. The van der Waals surface area contributed by atoms with Crippen molar-refractivity contribution in [2.75, 3.05) is 33.2 Å². The van der Waals surface area contributed by atoms with Crippen molar-refractivity contribution in [1.82, 2.24) is 20.9 Å². The number of rotatable bonds is 6. The van der Waals surface area contributed by atoms with Crippen LogP contribution in [-0.4, -0.2) is 55.9 Å². The zero-order valence-corrected chi connectivity index (χ0v) is 18.5. The minimum absolute atomic E-state index is 0.0130. The second kappa shape index (κ2) is 9.75. The Labute approximate surface area is 181 Å². The third kappa shape index (κ3) is 5.60. The predicted octanol–water partition coefficient (Wildman–Crippen LogP) is 1.96. The fraction of sp³-hybridized carbons (Fsp3) is 0.409. The molecule has 3 N–H and O–H groups in total. The SMILES string of the molecule is CN=C(NCc1ccc(C(=O)N2CCNC(=O)C2)cc1)NCC(C)(C)c1cccs1. The molecular weight excluding hydrogens is 398 g/mol. The van der Waals surface area contributed by atoms with E-state index >= 15 is 0 Å². The summed E-state index contributed by atoms with van der Waals surface area (Å²) in [4.78, 5) is 31.2. The summed E-state index contributed by atoms with van der Waals surface area (Å²) < 4.78 is 0. The van der Waals surface area contributed by atoms with Gasteiger partial charge < -0.3 is 20.9 Å². The topological polar surface area (TPSA) is 85.8 Å². The quantitative estimate of drug-likeness (QED) is 0.486. The van der Waals surface area contributed by atoms with Gasteiger partial charge in [-0.15, -0.1) is 11.3 Å². The first-order chi connectivity index (χ1) is 14.4. The maximum Gasteiger partial charge on any atom is 0.254 e. The zero-order valence-electron chi connectivity index (χ0n) is 17.7. The normalized spacial score (nSPS) is 15.0. The van der Waals surface area contributed by atoms with Gasteiger partial charge in [0.25, 0.3) is 5.91 Å². The summed E-state index contributed by atoms with van der Waals surface area (Å²) in [6, 6.07) is 11.7. The van der Waals surface area contributed by atoms with Gasteiger partial charge in [0.15, 0.2) is 5.96 Å². The van der Waals surface area contributed by atoms with Crippen LogP contribution in [0.4, 0.5) is 0 Å². The van der Waals surface area contributed by atoms with Crippen LogP contribution in [0.25, 0.3) is 0 Å². The molecule has 7 nitrogen and oxygen atoms in total. The zero-order chi connectivity index (χ0) is 21.6. The van der Waals surface area contributed by atoms with Crippen molar-refractivity contribution < 1.29 is 9.59 Å². The molecule has 1 aliphatic heterocycles. The number of nitrogens with one attached hydrogen (secondary N) is 3. The first kappa shape index (κ1) is 21.8. The van der Waals surface area contributed by atoms with Crippen molar-refractivity contribution >= 4 is 29.1 Å². The van der Waals surface area contributed by atoms with Gasteiger partial charge in [0.1, 0.15) is 0 Å². The number of amides is 2. The standard InChI is InChI=1S/C22H29N5O2S/c1-22(2,18-5-4-12-30-18)15-26-21(23-3)25-13-16-6-8-17(9-7-16)20(29)27-11-10-24-19(28)14-27/h4-9,12H,10-11,13-15H2,1-3H3,(H,24,28)(H2,23,25,26). The van der Waals surface area contributed by atoms with Gasteiger partial charge in [-0.25, -0.2) is 0 Å². The number of piperazine rings is 1. The fourth-order valence-corrected chi connectivity index (χ4v) is 4.07. The number of hydrogen-bond acceptors (Lipinski definition) is 4. The lowest BCUT2D eigenvalue weighted by Crippen LogP contribution is -2.49. The highest BCUT2D eigenvalue weighted by atomic mass is 32.1. The summed E-state index contributed by atoms with van der Waals surface area (Å²) in [7, 11) is 1.75. The molecule has 0 atom stereocenters. The van der Waals surface area contributed by atoms with Gasteiger partial charge >= 0.3 is 0 Å². The molecule has 8 heteroatoms. The van der Waals surface area contributed by atoms with Gasteiger partial charge in [-0.2, -0.15) is 0 Å². The summed E-state index contributed by atoms with van der Waals surface area (Å²) in [6.07, 6.45) is 0. The van der Waals surface area contributed by atoms with Crippen LogP contribution < -0.4 is 16.0 Å². The third-order valence-corrected chi connectivity index (χ3v) is 6.33. The molecule has 30 heavy (non-hydrogen) atoms. The summed E-state index contributed by atoms with van der Waals surface area (Å²) in [6.45, 7) is 6.94. The Bertz CT molecular complexity index is 891. The van der Waals surface area contributed by atoms with Crippen molar-refractivity contribution in [3.05, 3.63) is 57.8 Å². The Morgan fingerprint density at radius 2 is 2.00 bits per heavy atom. The number of benzene rings is 1. The number of guanidine groups is 1. The molecule has 1 aromatic carbocycles. The van der Waals surface area contributed by atoms with Crippen LogP contribution in [0.5, 0.6) is 0 Å². The van der Waals surface area contributed by atoms with Gasteiger partial charge in [-0.3, -0.25) is 14.6 Å². The lowest BCUT2D eigenvalue weighted by molar-refractivity contribution is -0.123. The first-order valence-corrected chi connectivity index (χ1v) is 10.9. The molecule has 0 saturated carbocycles. The maximum atomic E-state index is 12.5. The van der Waals surface area contributed by atoms with Crippen molar-refractivity contribution in [3.63, 3.8) is 0 Å². The molecule has 0 spiro atoms. The molecule has 1 fully saturated rings. The molecule has 2 aromatic rings. The Morgan fingerprint density at radius 3 is 2.63 bits per heavy atom. The van der Waals surface area contributed by atoms with E-state index in [-0.39, 0.29) is 23.8 Å². The van der Waals surface area contributed by atoms with Crippen LogP contribution in [0.15, 0.2) is 46.8 Å². The van der Waals surface area contributed by atoms with E-state index in [0.29, 0.717) is 25.2 Å². The minimum Gasteiger partial charge on any atom is -0.356 e. The number of thiophene rings is 1. The molecule has 0 unspecified atom stereocenters.